The lowest BCUT2D eigenvalue weighted by atomic mass is 9.99. The average molecular weight is 546 g/mol. The highest BCUT2D eigenvalue weighted by Crippen LogP contribution is 2.38. The van der Waals surface area contributed by atoms with Crippen molar-refractivity contribution in [1.82, 2.24) is 9.97 Å². The van der Waals surface area contributed by atoms with Crippen LogP contribution in [0.2, 0.25) is 0 Å². The minimum atomic E-state index is -2.95. The third-order valence-electron chi connectivity index (χ3n) is 6.95. The van der Waals surface area contributed by atoms with Gasteiger partial charge in [0.25, 0.3) is 0 Å². The summed E-state index contributed by atoms with van der Waals surface area (Å²) in [7, 11) is 0. The molecule has 0 aromatic carbocycles. The fourth-order valence-corrected chi connectivity index (χ4v) is 5.07. The lowest BCUT2D eigenvalue weighted by molar-refractivity contribution is -0.141. The average Bonchev–Trinajstić information content (AvgIpc) is 3.24. The molecule has 1 N–H and O–H groups in total. The van der Waals surface area contributed by atoms with Gasteiger partial charge in [-0.05, 0) is 51.8 Å². The van der Waals surface area contributed by atoms with Crippen LogP contribution in [0.5, 0.6) is 5.75 Å². The van der Waals surface area contributed by atoms with E-state index in [0.717, 1.165) is 32.0 Å². The molecular formula is C27H33F2N5O5. The topological polar surface area (TPSA) is 106 Å². The number of ketones is 1. The Morgan fingerprint density at radius 3 is 2.85 bits per heavy atom. The number of hydrogen-bond donors (Lipinski definition) is 1. The fraction of sp³-hybridized carbons (Fsp3) is 0.556. The van der Waals surface area contributed by atoms with Gasteiger partial charge in [-0.2, -0.15) is 0 Å². The number of nitrogens with one attached hydrogen (secondary N) is 1. The van der Waals surface area contributed by atoms with Crippen LogP contribution in [0.25, 0.3) is 0 Å². The van der Waals surface area contributed by atoms with E-state index < -0.39 is 29.9 Å². The number of carbonyl (C=O) groups excluding carboxylic acids is 2. The van der Waals surface area contributed by atoms with Crippen LogP contribution in [0.1, 0.15) is 56.9 Å². The maximum Gasteiger partial charge on any atom is 0.329 e. The summed E-state index contributed by atoms with van der Waals surface area (Å²) in [5, 5.41) is 2.83. The minimum absolute atomic E-state index is 0.0618. The molecule has 0 radical (unpaired) electrons. The molecule has 0 unspecified atom stereocenters. The number of hydrogen-bond acceptors (Lipinski definition) is 8. The normalized spacial score (nSPS) is 21.9. The molecule has 5 heterocycles. The molecule has 0 spiro atoms. The summed E-state index contributed by atoms with van der Waals surface area (Å²) in [6, 6.07) is 5.98. The van der Waals surface area contributed by atoms with Crippen LogP contribution in [0.15, 0.2) is 30.5 Å². The van der Waals surface area contributed by atoms with E-state index in [1.807, 2.05) is 13.8 Å². The molecule has 12 heteroatoms. The van der Waals surface area contributed by atoms with Gasteiger partial charge in [-0.15, -0.1) is 0 Å². The largest absolute Gasteiger partial charge is 0.491 e. The van der Waals surface area contributed by atoms with Gasteiger partial charge in [0.05, 0.1) is 18.3 Å². The smallest absolute Gasteiger partial charge is 0.329 e. The maximum atomic E-state index is 13.6. The maximum absolute atomic E-state index is 13.6. The van der Waals surface area contributed by atoms with Gasteiger partial charge in [-0.1, -0.05) is 0 Å². The van der Waals surface area contributed by atoms with Crippen LogP contribution >= 0.6 is 0 Å². The zero-order valence-electron chi connectivity index (χ0n) is 22.3. The van der Waals surface area contributed by atoms with Gasteiger partial charge < -0.3 is 19.1 Å². The van der Waals surface area contributed by atoms with Crippen molar-refractivity contribution in [3.63, 3.8) is 0 Å². The summed E-state index contributed by atoms with van der Waals surface area (Å²) in [5.74, 6) is -2.94. The van der Waals surface area contributed by atoms with E-state index >= 15 is 0 Å². The fourth-order valence-electron chi connectivity index (χ4n) is 5.07. The minimum Gasteiger partial charge on any atom is -0.491 e. The number of carbonyl (C=O) groups is 2. The standard InChI is InChI=1S/C27H33F2N5O5/c1-26(2)38-16-19(39-26)15-37-18-9-11-30-23(13-18)32-25(36)34-17-5-4-12-33(14-17)21-7-6-20(31-24(21)34)22(35)8-10-27(3,28)29/h6-7,9,11,13,17,19H,4-5,8,10,12,14-16H2,1-3H3,(H,30,32,36)/t17-,19-/m0/s1. The Morgan fingerprint density at radius 2 is 2.10 bits per heavy atom. The molecule has 210 valence electrons. The molecule has 2 bridgehead atoms. The lowest BCUT2D eigenvalue weighted by Crippen LogP contribution is -2.56. The zero-order valence-corrected chi connectivity index (χ0v) is 22.3. The second-order valence-electron chi connectivity index (χ2n) is 10.7. The number of alkyl halides is 2. The van der Waals surface area contributed by atoms with Crippen LogP contribution in [-0.2, 0) is 9.47 Å². The molecule has 10 nitrogen and oxygen atoms in total. The van der Waals surface area contributed by atoms with Crippen LogP contribution in [0.4, 0.5) is 30.9 Å². The monoisotopic (exact) mass is 545 g/mol. The van der Waals surface area contributed by atoms with Crippen molar-refractivity contribution in [1.29, 1.82) is 0 Å². The first kappa shape index (κ1) is 27.2. The van der Waals surface area contributed by atoms with E-state index in [2.05, 4.69) is 20.2 Å². The van der Waals surface area contributed by atoms with Crippen LogP contribution in [0, 0.1) is 0 Å². The molecule has 3 aliphatic heterocycles. The van der Waals surface area contributed by atoms with E-state index in [1.165, 1.54) is 6.20 Å². The molecule has 2 aromatic heterocycles. The van der Waals surface area contributed by atoms with Gasteiger partial charge in [0.2, 0.25) is 5.92 Å². The van der Waals surface area contributed by atoms with Crippen molar-refractivity contribution >= 4 is 29.1 Å². The van der Waals surface area contributed by atoms with Gasteiger partial charge in [0, 0.05) is 38.2 Å². The van der Waals surface area contributed by atoms with Crippen molar-refractivity contribution in [2.75, 3.05) is 41.4 Å². The Labute approximate surface area is 225 Å². The third kappa shape index (κ3) is 6.44. The van der Waals surface area contributed by atoms with Crippen molar-refractivity contribution < 1.29 is 32.6 Å². The molecule has 2 aromatic rings. The van der Waals surface area contributed by atoms with Gasteiger partial charge >= 0.3 is 6.03 Å². The van der Waals surface area contributed by atoms with E-state index in [9.17, 15) is 18.4 Å². The summed E-state index contributed by atoms with van der Waals surface area (Å²) < 4.78 is 43.8. The molecule has 5 rings (SSSR count). The quantitative estimate of drug-likeness (QED) is 0.478. The molecule has 3 aliphatic rings. The Hall–Kier alpha value is -3.38. The molecule has 2 saturated heterocycles. The van der Waals surface area contributed by atoms with E-state index in [0.29, 0.717) is 30.5 Å². The second-order valence-corrected chi connectivity index (χ2v) is 10.7. The third-order valence-corrected chi connectivity index (χ3v) is 6.95. The number of aromatic nitrogens is 2. The number of amides is 2. The Kier molecular flexibility index (Phi) is 7.43. The van der Waals surface area contributed by atoms with Crippen LogP contribution in [-0.4, -0.2) is 71.9 Å². The Bertz CT molecular complexity index is 1240. The highest BCUT2D eigenvalue weighted by atomic mass is 19.3. The SMILES string of the molecule is CC(F)(F)CCC(=O)c1ccc2c(n1)N(C(=O)Nc1cc(OC[C@H]3COC(C)(C)O3)ccn1)[C@H]1CCCN2C1. The number of piperidine rings is 1. The summed E-state index contributed by atoms with van der Waals surface area (Å²) in [6.07, 6.45) is 2.09. The van der Waals surface area contributed by atoms with E-state index in [1.54, 1.807) is 29.2 Å². The first-order valence-corrected chi connectivity index (χ1v) is 13.2. The lowest BCUT2D eigenvalue weighted by Gasteiger charge is -2.45. The van der Waals surface area contributed by atoms with Crippen LogP contribution < -0.4 is 19.9 Å². The summed E-state index contributed by atoms with van der Waals surface area (Å²) in [5.41, 5.74) is 0.789. The predicted molar refractivity (Wildman–Crippen MR) is 140 cm³/mol. The number of halogens is 2. The number of nitrogens with zero attached hydrogens (tertiary/aromatic N) is 4. The molecule has 39 heavy (non-hydrogen) atoms. The summed E-state index contributed by atoms with van der Waals surface area (Å²) in [6.45, 7) is 6.61. The highest BCUT2D eigenvalue weighted by Gasteiger charge is 2.39. The molecule has 0 aliphatic carbocycles. The zero-order chi connectivity index (χ0) is 27.8. The number of Topliss-reactive ketones (excluding diaryl/α,β-unsaturated/α-hetero) is 1. The molecule has 2 atom stereocenters. The molecule has 2 amide bonds. The van der Waals surface area contributed by atoms with Gasteiger partial charge in [-0.3, -0.25) is 15.0 Å². The first-order chi connectivity index (χ1) is 18.5. The Balaban J connectivity index is 1.32. The Morgan fingerprint density at radius 1 is 1.28 bits per heavy atom. The summed E-state index contributed by atoms with van der Waals surface area (Å²) >= 11 is 0. The number of urea groups is 1. The van der Waals surface area contributed by atoms with Crippen molar-refractivity contribution in [3.8, 4) is 5.75 Å². The van der Waals surface area contributed by atoms with Crippen molar-refractivity contribution in [2.45, 2.75) is 70.3 Å². The van der Waals surface area contributed by atoms with E-state index in [4.69, 9.17) is 14.2 Å². The number of rotatable bonds is 8. The van der Waals surface area contributed by atoms with Gasteiger partial charge in [-0.25, -0.2) is 23.5 Å². The van der Waals surface area contributed by atoms with Crippen molar-refractivity contribution in [2.24, 2.45) is 0 Å². The number of anilines is 3. The first-order valence-electron chi connectivity index (χ1n) is 13.2. The highest BCUT2D eigenvalue weighted by molar-refractivity contribution is 6.05. The second kappa shape index (κ2) is 10.6. The number of ether oxygens (including phenoxy) is 3. The van der Waals surface area contributed by atoms with Gasteiger partial charge in [0.15, 0.2) is 17.4 Å². The van der Waals surface area contributed by atoms with Crippen molar-refractivity contribution in [3.05, 3.63) is 36.2 Å². The van der Waals surface area contributed by atoms with Gasteiger partial charge in [0.1, 0.15) is 30.0 Å². The number of pyridine rings is 2. The number of fused-ring (bicyclic) bond motifs is 4. The molecule has 2 fully saturated rings. The van der Waals surface area contributed by atoms with E-state index in [-0.39, 0.29) is 30.9 Å². The molecule has 0 saturated carbocycles. The van der Waals surface area contributed by atoms with Crippen LogP contribution in [0.3, 0.4) is 0 Å². The molecular weight excluding hydrogens is 512 g/mol. The summed E-state index contributed by atoms with van der Waals surface area (Å²) in [4.78, 5) is 38.7. The predicted octanol–water partition coefficient (Wildman–Crippen LogP) is 4.65.